The number of halogens is 1. The molecule has 1 aliphatic rings. The number of benzene rings is 1. The van der Waals surface area contributed by atoms with Crippen LogP contribution in [0.25, 0.3) is 0 Å². The Morgan fingerprint density at radius 1 is 1.07 bits per heavy atom. The summed E-state index contributed by atoms with van der Waals surface area (Å²) in [6.45, 7) is 7.99. The number of hydrogen-bond donors (Lipinski definition) is 0. The van der Waals surface area contributed by atoms with Crippen molar-refractivity contribution in [3.63, 3.8) is 0 Å². The molecule has 3 rings (SSSR count). The minimum absolute atomic E-state index is 0.142. The van der Waals surface area contributed by atoms with E-state index in [0.717, 1.165) is 74.6 Å². The third-order valence-corrected chi connectivity index (χ3v) is 6.30. The van der Waals surface area contributed by atoms with E-state index in [-0.39, 0.29) is 5.91 Å². The number of carbonyl (C=O) groups is 1. The first-order chi connectivity index (χ1) is 14.6. The Bertz CT molecular complexity index is 818. The SMILES string of the molecule is CCCN(CCC)c1cc(Cl)nc(SCc2ccc(C(=O)N3CCCCC3)cc2)n1. The number of piperidine rings is 1. The van der Waals surface area contributed by atoms with Gasteiger partial charge in [0.2, 0.25) is 0 Å². The number of anilines is 1. The lowest BCUT2D eigenvalue weighted by atomic mass is 10.1. The van der Waals surface area contributed by atoms with E-state index < -0.39 is 0 Å². The van der Waals surface area contributed by atoms with Crippen molar-refractivity contribution in [1.82, 2.24) is 14.9 Å². The number of amides is 1. The summed E-state index contributed by atoms with van der Waals surface area (Å²) in [5.41, 5.74) is 1.90. The largest absolute Gasteiger partial charge is 0.356 e. The van der Waals surface area contributed by atoms with Gasteiger partial charge in [0.25, 0.3) is 5.91 Å². The Labute approximate surface area is 189 Å². The van der Waals surface area contributed by atoms with Crippen molar-refractivity contribution < 1.29 is 4.79 Å². The van der Waals surface area contributed by atoms with Crippen LogP contribution >= 0.6 is 23.4 Å². The smallest absolute Gasteiger partial charge is 0.253 e. The lowest BCUT2D eigenvalue weighted by molar-refractivity contribution is 0.0724. The fraction of sp³-hybridized carbons (Fsp3) is 0.522. The van der Waals surface area contributed by atoms with Crippen molar-refractivity contribution in [1.29, 1.82) is 0 Å². The van der Waals surface area contributed by atoms with Crippen molar-refractivity contribution >= 4 is 35.1 Å². The predicted octanol–water partition coefficient (Wildman–Crippen LogP) is 5.67. The quantitative estimate of drug-likeness (QED) is 0.282. The van der Waals surface area contributed by atoms with E-state index in [1.807, 2.05) is 35.2 Å². The van der Waals surface area contributed by atoms with Crippen molar-refractivity contribution in [3.8, 4) is 0 Å². The first-order valence-electron chi connectivity index (χ1n) is 10.9. The number of rotatable bonds is 9. The fourth-order valence-electron chi connectivity index (χ4n) is 3.66. The molecular weight excluding hydrogens is 416 g/mol. The first kappa shape index (κ1) is 22.9. The summed E-state index contributed by atoms with van der Waals surface area (Å²) in [4.78, 5) is 26.0. The monoisotopic (exact) mass is 446 g/mol. The molecule has 0 bridgehead atoms. The van der Waals surface area contributed by atoms with Crippen LogP contribution in [-0.2, 0) is 5.75 Å². The standard InChI is InChI=1S/C23H31ClN4OS/c1-3-12-27(13-4-2)21-16-20(24)25-23(26-21)30-17-18-8-10-19(11-9-18)22(29)28-14-6-5-7-15-28/h8-11,16H,3-7,12-15,17H2,1-2H3. The summed E-state index contributed by atoms with van der Waals surface area (Å²) in [5, 5.41) is 1.16. The number of nitrogens with zero attached hydrogens (tertiary/aromatic N) is 4. The van der Waals surface area contributed by atoms with Crippen molar-refractivity contribution in [3.05, 3.63) is 46.6 Å². The number of thioether (sulfide) groups is 1. The summed E-state index contributed by atoms with van der Waals surface area (Å²) in [6.07, 6.45) is 5.56. The highest BCUT2D eigenvalue weighted by atomic mass is 35.5. The Kier molecular flexibility index (Phi) is 8.82. The topological polar surface area (TPSA) is 49.3 Å². The molecule has 1 aliphatic heterocycles. The van der Waals surface area contributed by atoms with Crippen LogP contribution in [-0.4, -0.2) is 47.0 Å². The molecule has 0 aliphatic carbocycles. The zero-order valence-corrected chi connectivity index (χ0v) is 19.5. The number of hydrogen-bond acceptors (Lipinski definition) is 5. The van der Waals surface area contributed by atoms with Crippen LogP contribution in [0.4, 0.5) is 5.82 Å². The second-order valence-electron chi connectivity index (χ2n) is 7.66. The van der Waals surface area contributed by atoms with Crippen LogP contribution in [0.5, 0.6) is 0 Å². The van der Waals surface area contributed by atoms with Gasteiger partial charge in [-0.05, 0) is 49.8 Å². The fourth-order valence-corrected chi connectivity index (χ4v) is 4.70. The zero-order valence-electron chi connectivity index (χ0n) is 17.9. The van der Waals surface area contributed by atoms with Gasteiger partial charge >= 0.3 is 0 Å². The molecule has 2 aromatic rings. The highest BCUT2D eigenvalue weighted by Gasteiger charge is 2.18. The van der Waals surface area contributed by atoms with Crippen molar-refractivity contribution in [2.24, 2.45) is 0 Å². The lowest BCUT2D eigenvalue weighted by Gasteiger charge is -2.26. The number of likely N-dealkylation sites (tertiary alicyclic amines) is 1. The molecule has 0 N–H and O–H groups in total. The Morgan fingerprint density at radius 3 is 2.37 bits per heavy atom. The third kappa shape index (κ3) is 6.35. The molecule has 1 aromatic heterocycles. The molecule has 0 spiro atoms. The summed E-state index contributed by atoms with van der Waals surface area (Å²) in [7, 11) is 0. The van der Waals surface area contributed by atoms with Gasteiger partial charge in [-0.2, -0.15) is 0 Å². The van der Waals surface area contributed by atoms with E-state index in [9.17, 15) is 4.79 Å². The van der Waals surface area contributed by atoms with Gasteiger partial charge in [-0.15, -0.1) is 0 Å². The number of carbonyl (C=O) groups excluding carboxylic acids is 1. The highest BCUT2D eigenvalue weighted by molar-refractivity contribution is 7.98. The predicted molar refractivity (Wildman–Crippen MR) is 126 cm³/mol. The molecule has 1 saturated heterocycles. The minimum Gasteiger partial charge on any atom is -0.356 e. The van der Waals surface area contributed by atoms with Crippen LogP contribution in [0.3, 0.4) is 0 Å². The Hall–Kier alpha value is -1.79. The average molecular weight is 447 g/mol. The Balaban J connectivity index is 1.63. The molecule has 0 saturated carbocycles. The molecule has 7 heteroatoms. The van der Waals surface area contributed by atoms with Gasteiger partial charge in [0.15, 0.2) is 5.16 Å². The van der Waals surface area contributed by atoms with Crippen LogP contribution in [0.1, 0.15) is 61.9 Å². The maximum absolute atomic E-state index is 12.6. The van der Waals surface area contributed by atoms with E-state index >= 15 is 0 Å². The summed E-state index contributed by atoms with van der Waals surface area (Å²) in [5.74, 6) is 1.77. The molecule has 30 heavy (non-hydrogen) atoms. The van der Waals surface area contributed by atoms with Crippen LogP contribution in [0.2, 0.25) is 5.15 Å². The molecule has 0 radical (unpaired) electrons. The van der Waals surface area contributed by atoms with E-state index in [1.54, 1.807) is 11.8 Å². The van der Waals surface area contributed by atoms with E-state index in [4.69, 9.17) is 16.6 Å². The molecule has 1 fully saturated rings. The molecule has 5 nitrogen and oxygen atoms in total. The number of aromatic nitrogens is 2. The normalized spacial score (nSPS) is 14.0. The van der Waals surface area contributed by atoms with Gasteiger partial charge in [0, 0.05) is 43.6 Å². The molecular formula is C23H31ClN4OS. The summed E-state index contributed by atoms with van der Waals surface area (Å²) < 4.78 is 0. The van der Waals surface area contributed by atoms with Gasteiger partial charge in [-0.25, -0.2) is 9.97 Å². The van der Waals surface area contributed by atoms with Crippen LogP contribution < -0.4 is 4.90 Å². The molecule has 0 unspecified atom stereocenters. The van der Waals surface area contributed by atoms with E-state index in [0.29, 0.717) is 10.3 Å². The minimum atomic E-state index is 0.142. The Morgan fingerprint density at radius 2 is 1.73 bits per heavy atom. The van der Waals surface area contributed by atoms with Gasteiger partial charge in [0.1, 0.15) is 11.0 Å². The molecule has 2 heterocycles. The maximum Gasteiger partial charge on any atom is 0.253 e. The highest BCUT2D eigenvalue weighted by Crippen LogP contribution is 2.25. The summed E-state index contributed by atoms with van der Waals surface area (Å²) >= 11 is 7.84. The molecule has 162 valence electrons. The van der Waals surface area contributed by atoms with Gasteiger partial charge in [-0.3, -0.25) is 4.79 Å². The van der Waals surface area contributed by atoms with E-state index in [2.05, 4.69) is 23.7 Å². The second kappa shape index (κ2) is 11.6. The van der Waals surface area contributed by atoms with Gasteiger partial charge < -0.3 is 9.80 Å². The van der Waals surface area contributed by atoms with Crippen LogP contribution in [0, 0.1) is 0 Å². The maximum atomic E-state index is 12.6. The lowest BCUT2D eigenvalue weighted by Crippen LogP contribution is -2.35. The molecule has 1 amide bonds. The van der Waals surface area contributed by atoms with Crippen molar-refractivity contribution in [2.75, 3.05) is 31.1 Å². The second-order valence-corrected chi connectivity index (χ2v) is 8.99. The van der Waals surface area contributed by atoms with Crippen LogP contribution in [0.15, 0.2) is 35.5 Å². The van der Waals surface area contributed by atoms with E-state index in [1.165, 1.54) is 6.42 Å². The average Bonchev–Trinajstić information content (AvgIpc) is 2.77. The third-order valence-electron chi connectivity index (χ3n) is 5.18. The molecule has 0 atom stereocenters. The summed E-state index contributed by atoms with van der Waals surface area (Å²) in [6, 6.07) is 9.76. The van der Waals surface area contributed by atoms with Gasteiger partial charge in [0.05, 0.1) is 0 Å². The molecule has 1 aromatic carbocycles. The van der Waals surface area contributed by atoms with Crippen molar-refractivity contribution in [2.45, 2.75) is 56.9 Å². The first-order valence-corrected chi connectivity index (χ1v) is 12.3. The zero-order chi connectivity index (χ0) is 21.3. The van der Waals surface area contributed by atoms with Gasteiger partial charge in [-0.1, -0.05) is 49.3 Å².